The smallest absolute Gasteiger partial charge is 0.307 e. The third-order valence-corrected chi connectivity index (χ3v) is 7.12. The molecule has 0 radical (unpaired) electrons. The summed E-state index contributed by atoms with van der Waals surface area (Å²) in [6.45, 7) is 9.50. The quantitative estimate of drug-likeness (QED) is 0.209. The molecule has 3 heteroatoms. The fourth-order valence-corrected chi connectivity index (χ4v) is 5.18. The van der Waals surface area contributed by atoms with Crippen molar-refractivity contribution < 1.29 is 9.53 Å². The van der Waals surface area contributed by atoms with E-state index in [-0.39, 0.29) is 18.1 Å². The highest BCUT2D eigenvalue weighted by atomic mass is 16.5. The third kappa shape index (κ3) is 6.55. The number of benzene rings is 4. The molecule has 0 unspecified atom stereocenters. The van der Waals surface area contributed by atoms with Gasteiger partial charge in [0.05, 0.1) is 13.0 Å². The minimum atomic E-state index is -0.176. The number of rotatable bonds is 10. The molecular formula is C34H37NO2. The molecule has 4 aromatic carbocycles. The number of esters is 1. The molecular weight excluding hydrogens is 454 g/mol. The molecule has 0 aliphatic carbocycles. The summed E-state index contributed by atoms with van der Waals surface area (Å²) in [4.78, 5) is 15.3. The summed E-state index contributed by atoms with van der Waals surface area (Å²) < 4.78 is 5.44. The number of carbonyl (C=O) groups is 1. The van der Waals surface area contributed by atoms with Crippen LogP contribution in [0.4, 0.5) is 0 Å². The van der Waals surface area contributed by atoms with Crippen molar-refractivity contribution in [1.29, 1.82) is 0 Å². The second-order valence-corrected chi connectivity index (χ2v) is 9.66. The highest BCUT2D eigenvalue weighted by molar-refractivity contribution is 5.72. The van der Waals surface area contributed by atoms with Crippen LogP contribution in [0.5, 0.6) is 0 Å². The summed E-state index contributed by atoms with van der Waals surface area (Å²) in [5, 5.41) is 0. The van der Waals surface area contributed by atoms with Gasteiger partial charge in [-0.25, -0.2) is 0 Å². The van der Waals surface area contributed by atoms with Crippen LogP contribution in [0.3, 0.4) is 0 Å². The molecule has 4 rings (SSSR count). The first-order valence-corrected chi connectivity index (χ1v) is 13.1. The minimum absolute atomic E-state index is 0.0964. The van der Waals surface area contributed by atoms with Crippen molar-refractivity contribution in [3.8, 4) is 11.1 Å². The molecule has 0 bridgehead atoms. The second-order valence-electron chi connectivity index (χ2n) is 9.66. The predicted octanol–water partition coefficient (Wildman–Crippen LogP) is 8.23. The molecule has 190 valence electrons. The Labute approximate surface area is 221 Å². The van der Waals surface area contributed by atoms with E-state index >= 15 is 0 Å². The average Bonchev–Trinajstić information content (AvgIpc) is 2.92. The molecule has 0 N–H and O–H groups in total. The van der Waals surface area contributed by atoms with Crippen molar-refractivity contribution in [2.45, 2.75) is 52.7 Å². The largest absolute Gasteiger partial charge is 0.466 e. The molecule has 0 aliphatic rings. The monoisotopic (exact) mass is 491 g/mol. The Bertz CT molecular complexity index is 1260. The maximum atomic E-state index is 12.9. The van der Waals surface area contributed by atoms with Gasteiger partial charge in [-0.2, -0.15) is 0 Å². The van der Waals surface area contributed by atoms with Gasteiger partial charge in [0.15, 0.2) is 0 Å². The summed E-state index contributed by atoms with van der Waals surface area (Å²) in [6.07, 6.45) is 0.292. The zero-order chi connectivity index (χ0) is 26.2. The van der Waals surface area contributed by atoms with Crippen molar-refractivity contribution in [1.82, 2.24) is 4.90 Å². The molecule has 0 aliphatic heterocycles. The van der Waals surface area contributed by atoms with Gasteiger partial charge >= 0.3 is 5.97 Å². The van der Waals surface area contributed by atoms with Crippen molar-refractivity contribution in [2.75, 3.05) is 6.61 Å². The van der Waals surface area contributed by atoms with E-state index in [1.807, 2.05) is 19.1 Å². The predicted molar refractivity (Wildman–Crippen MR) is 152 cm³/mol. The molecule has 3 nitrogen and oxygen atoms in total. The van der Waals surface area contributed by atoms with Gasteiger partial charge in [0, 0.05) is 18.6 Å². The van der Waals surface area contributed by atoms with Gasteiger partial charge in [-0.3, -0.25) is 9.69 Å². The minimum Gasteiger partial charge on any atom is -0.466 e. The molecule has 0 amide bonds. The summed E-state index contributed by atoms with van der Waals surface area (Å²) >= 11 is 0. The molecule has 0 fully saturated rings. The van der Waals surface area contributed by atoms with E-state index in [2.05, 4.69) is 117 Å². The van der Waals surface area contributed by atoms with Gasteiger partial charge in [-0.05, 0) is 66.6 Å². The molecule has 2 atom stereocenters. The zero-order valence-electron chi connectivity index (χ0n) is 22.4. The number of hydrogen-bond acceptors (Lipinski definition) is 3. The van der Waals surface area contributed by atoms with Gasteiger partial charge in [0.1, 0.15) is 0 Å². The lowest BCUT2D eigenvalue weighted by Gasteiger charge is -2.37. The molecule has 37 heavy (non-hydrogen) atoms. The lowest BCUT2D eigenvalue weighted by atomic mass is 9.92. The number of ether oxygens (including phenoxy) is 1. The zero-order valence-corrected chi connectivity index (χ0v) is 22.4. The van der Waals surface area contributed by atoms with Crippen LogP contribution in [0.2, 0.25) is 0 Å². The Morgan fingerprint density at radius 2 is 1.35 bits per heavy atom. The van der Waals surface area contributed by atoms with Crippen molar-refractivity contribution >= 4 is 5.97 Å². The molecule has 0 heterocycles. The van der Waals surface area contributed by atoms with Crippen LogP contribution in [0, 0.1) is 13.8 Å². The number of carbonyl (C=O) groups excluding carboxylic acids is 1. The normalized spacial score (nSPS) is 12.8. The van der Waals surface area contributed by atoms with E-state index in [1.54, 1.807) is 0 Å². The van der Waals surface area contributed by atoms with E-state index in [0.29, 0.717) is 13.0 Å². The third-order valence-electron chi connectivity index (χ3n) is 7.12. The topological polar surface area (TPSA) is 29.5 Å². The van der Waals surface area contributed by atoms with Crippen LogP contribution in [0.15, 0.2) is 103 Å². The van der Waals surface area contributed by atoms with E-state index in [0.717, 1.165) is 12.1 Å². The molecule has 0 spiro atoms. The van der Waals surface area contributed by atoms with Gasteiger partial charge in [-0.15, -0.1) is 0 Å². The van der Waals surface area contributed by atoms with Crippen molar-refractivity contribution in [3.05, 3.63) is 131 Å². The Morgan fingerprint density at radius 3 is 1.95 bits per heavy atom. The van der Waals surface area contributed by atoms with Crippen LogP contribution in [-0.4, -0.2) is 17.5 Å². The van der Waals surface area contributed by atoms with Crippen LogP contribution in [-0.2, 0) is 16.1 Å². The first-order chi connectivity index (χ1) is 18.0. The van der Waals surface area contributed by atoms with Crippen LogP contribution >= 0.6 is 0 Å². The lowest BCUT2D eigenvalue weighted by molar-refractivity contribution is -0.145. The van der Waals surface area contributed by atoms with E-state index in [4.69, 9.17) is 4.74 Å². The van der Waals surface area contributed by atoms with E-state index in [9.17, 15) is 4.79 Å². The van der Waals surface area contributed by atoms with E-state index in [1.165, 1.54) is 33.4 Å². The Balaban J connectivity index is 1.76. The van der Waals surface area contributed by atoms with Crippen LogP contribution in [0.25, 0.3) is 11.1 Å². The van der Waals surface area contributed by atoms with Gasteiger partial charge in [0.25, 0.3) is 0 Å². The molecule has 0 aromatic heterocycles. The fourth-order valence-electron chi connectivity index (χ4n) is 5.18. The first kappa shape index (κ1) is 26.4. The maximum absolute atomic E-state index is 12.9. The number of hydrogen-bond donors (Lipinski definition) is 0. The summed E-state index contributed by atoms with van der Waals surface area (Å²) in [5.74, 6) is -0.176. The summed E-state index contributed by atoms with van der Waals surface area (Å²) in [7, 11) is 0. The van der Waals surface area contributed by atoms with Gasteiger partial charge in [0.2, 0.25) is 0 Å². The highest BCUT2D eigenvalue weighted by Gasteiger charge is 2.29. The number of aryl methyl sites for hydroxylation is 2. The highest BCUT2D eigenvalue weighted by Crippen LogP contribution is 2.36. The van der Waals surface area contributed by atoms with Crippen molar-refractivity contribution in [3.63, 3.8) is 0 Å². The van der Waals surface area contributed by atoms with Gasteiger partial charge in [-0.1, -0.05) is 103 Å². The average molecular weight is 492 g/mol. The fraction of sp³-hybridized carbons (Fsp3) is 0.265. The van der Waals surface area contributed by atoms with Crippen LogP contribution in [0.1, 0.15) is 60.2 Å². The second kappa shape index (κ2) is 12.5. The lowest BCUT2D eigenvalue weighted by Crippen LogP contribution is -2.33. The molecule has 0 saturated heterocycles. The van der Waals surface area contributed by atoms with E-state index < -0.39 is 0 Å². The van der Waals surface area contributed by atoms with Gasteiger partial charge < -0.3 is 4.74 Å². The van der Waals surface area contributed by atoms with Crippen molar-refractivity contribution in [2.24, 2.45) is 0 Å². The first-order valence-electron chi connectivity index (χ1n) is 13.1. The standard InChI is InChI=1S/C34H37NO2/c1-5-37-33(36)23-32(30-19-21-31(22-20-30)34-25(2)13-12-14-26(34)3)35(24-28-15-8-6-9-16-28)27(4)29-17-10-7-11-18-29/h6-22,27,32H,5,23-24H2,1-4H3/t27-,32+/m1/s1. The number of nitrogens with zero attached hydrogens (tertiary/aromatic N) is 1. The maximum Gasteiger partial charge on any atom is 0.307 e. The Hall–Kier alpha value is -3.69. The summed E-state index contributed by atoms with van der Waals surface area (Å²) in [5.41, 5.74) is 8.54. The Morgan fingerprint density at radius 1 is 0.757 bits per heavy atom. The van der Waals surface area contributed by atoms with Crippen LogP contribution < -0.4 is 0 Å². The molecule has 4 aromatic rings. The summed E-state index contributed by atoms with van der Waals surface area (Å²) in [6, 6.07) is 36.1. The molecule has 0 saturated carbocycles. The Kier molecular flexibility index (Phi) is 8.92. The SMILES string of the molecule is CCOC(=O)C[C@@H](c1ccc(-c2c(C)cccc2C)cc1)N(Cc1ccccc1)[C@H](C)c1ccccc1.